The fourth-order valence-electron chi connectivity index (χ4n) is 3.45. The molecule has 0 radical (unpaired) electrons. The molecule has 0 fully saturated rings. The monoisotopic (exact) mass is 354 g/mol. The van der Waals surface area contributed by atoms with E-state index in [0.29, 0.717) is 12.0 Å². The smallest absolute Gasteiger partial charge is 0.261 e. The fraction of sp³-hybridized carbons (Fsp3) is 0.455. The first kappa shape index (κ1) is 20.0. The second-order valence-corrected chi connectivity index (χ2v) is 6.78. The number of para-hydroxylation sites is 1. The molecule has 140 valence electrons. The minimum Gasteiger partial charge on any atom is -0.351 e. The molecule has 1 aromatic heterocycles. The molecule has 1 heterocycles. The van der Waals surface area contributed by atoms with Crippen LogP contribution in [0.4, 0.5) is 5.69 Å². The number of aryl methyl sites for hydroxylation is 2. The van der Waals surface area contributed by atoms with Crippen LogP contribution in [0.3, 0.4) is 0 Å². The van der Waals surface area contributed by atoms with Crippen molar-refractivity contribution in [1.29, 1.82) is 0 Å². The third-order valence-corrected chi connectivity index (χ3v) is 5.26. The van der Waals surface area contributed by atoms with Gasteiger partial charge in [-0.1, -0.05) is 45.4 Å². The van der Waals surface area contributed by atoms with Gasteiger partial charge >= 0.3 is 0 Å². The topological polar surface area (TPSA) is 51.1 Å². The van der Waals surface area contributed by atoms with Crippen LogP contribution in [-0.2, 0) is 26.3 Å². The Morgan fingerprint density at radius 1 is 1.08 bits per heavy atom. The van der Waals surface area contributed by atoms with Crippen LogP contribution in [0, 0.1) is 13.8 Å². The molecule has 0 saturated carbocycles. The number of pyridine rings is 1. The summed E-state index contributed by atoms with van der Waals surface area (Å²) >= 11 is 0. The van der Waals surface area contributed by atoms with Gasteiger partial charge in [-0.15, -0.1) is 0 Å². The van der Waals surface area contributed by atoms with Crippen LogP contribution in [0.15, 0.2) is 23.0 Å². The van der Waals surface area contributed by atoms with Gasteiger partial charge in [0.05, 0.1) is 0 Å². The van der Waals surface area contributed by atoms with Crippen molar-refractivity contribution in [2.24, 2.45) is 7.05 Å². The quantitative estimate of drug-likeness (QED) is 0.839. The van der Waals surface area contributed by atoms with E-state index in [4.69, 9.17) is 0 Å². The zero-order valence-electron chi connectivity index (χ0n) is 16.8. The highest BCUT2D eigenvalue weighted by Gasteiger charge is 2.22. The van der Waals surface area contributed by atoms with Gasteiger partial charge in [-0.2, -0.15) is 0 Å². The Balaban J connectivity index is 2.60. The van der Waals surface area contributed by atoms with Crippen molar-refractivity contribution >= 4 is 11.6 Å². The first-order chi connectivity index (χ1) is 12.4. The molecule has 0 aliphatic heterocycles. The standard InChI is InChI=1S/C22H30N2O2/c1-7-11-18-19(21(25)14(4)15(5)24(18)6)22(26)23-20-16(8-2)12-10-13-17(20)9-3/h10,12-13H,7-9,11H2,1-6H3,(H,23,26). The largest absolute Gasteiger partial charge is 0.351 e. The van der Waals surface area contributed by atoms with Gasteiger partial charge < -0.3 is 9.88 Å². The van der Waals surface area contributed by atoms with E-state index in [2.05, 4.69) is 26.1 Å². The van der Waals surface area contributed by atoms with E-state index in [1.54, 1.807) is 6.92 Å². The van der Waals surface area contributed by atoms with E-state index in [9.17, 15) is 9.59 Å². The number of benzene rings is 1. The van der Waals surface area contributed by atoms with E-state index in [1.165, 1.54) is 0 Å². The van der Waals surface area contributed by atoms with Gasteiger partial charge in [-0.3, -0.25) is 9.59 Å². The second kappa shape index (κ2) is 8.35. The Labute approximate surface area is 156 Å². The summed E-state index contributed by atoms with van der Waals surface area (Å²) in [6.07, 6.45) is 3.24. The Bertz CT molecular complexity index is 856. The average Bonchev–Trinajstić information content (AvgIpc) is 2.64. The lowest BCUT2D eigenvalue weighted by Crippen LogP contribution is -2.30. The number of anilines is 1. The minimum atomic E-state index is -0.298. The molecule has 2 rings (SSSR count). The number of amides is 1. The van der Waals surface area contributed by atoms with E-state index in [0.717, 1.165) is 47.5 Å². The van der Waals surface area contributed by atoms with Gasteiger partial charge in [-0.05, 0) is 44.2 Å². The van der Waals surface area contributed by atoms with Crippen molar-refractivity contribution in [3.63, 3.8) is 0 Å². The predicted octanol–water partition coefficient (Wildman–Crippen LogP) is 4.33. The van der Waals surface area contributed by atoms with Crippen LogP contribution < -0.4 is 10.7 Å². The third kappa shape index (κ3) is 3.59. The SMILES string of the molecule is CCCc1c(C(=O)Nc2c(CC)cccc2CC)c(=O)c(C)c(C)n1C. The maximum absolute atomic E-state index is 13.2. The first-order valence-electron chi connectivity index (χ1n) is 9.48. The summed E-state index contributed by atoms with van der Waals surface area (Å²) in [6, 6.07) is 6.07. The molecular weight excluding hydrogens is 324 g/mol. The van der Waals surface area contributed by atoms with Crippen LogP contribution in [0.25, 0.3) is 0 Å². The number of carbonyl (C=O) groups excluding carboxylic acids is 1. The summed E-state index contributed by atoms with van der Waals surface area (Å²) in [5.74, 6) is -0.298. The predicted molar refractivity (Wildman–Crippen MR) is 108 cm³/mol. The van der Waals surface area contributed by atoms with Crippen molar-refractivity contribution in [2.45, 2.75) is 60.3 Å². The van der Waals surface area contributed by atoms with Gasteiger partial charge in [0.25, 0.3) is 5.91 Å². The maximum Gasteiger partial charge on any atom is 0.261 e. The summed E-state index contributed by atoms with van der Waals surface area (Å²) < 4.78 is 1.99. The molecule has 0 saturated heterocycles. The Kier molecular flexibility index (Phi) is 6.41. The zero-order chi connectivity index (χ0) is 19.4. The molecule has 0 atom stereocenters. The molecule has 4 heteroatoms. The zero-order valence-corrected chi connectivity index (χ0v) is 16.8. The highest BCUT2D eigenvalue weighted by molar-refractivity contribution is 6.06. The van der Waals surface area contributed by atoms with Crippen LogP contribution in [-0.4, -0.2) is 10.5 Å². The lowest BCUT2D eigenvalue weighted by atomic mass is 10.0. The molecule has 0 aliphatic rings. The normalized spacial score (nSPS) is 10.8. The molecule has 0 bridgehead atoms. The van der Waals surface area contributed by atoms with Gasteiger partial charge in [0, 0.05) is 29.7 Å². The number of nitrogens with one attached hydrogen (secondary N) is 1. The van der Waals surface area contributed by atoms with Crippen LogP contribution in [0.1, 0.15) is 65.6 Å². The number of rotatable bonds is 6. The number of aromatic nitrogens is 1. The van der Waals surface area contributed by atoms with E-state index in [1.807, 2.05) is 36.7 Å². The van der Waals surface area contributed by atoms with Gasteiger partial charge in [-0.25, -0.2) is 0 Å². The number of hydrogen-bond acceptors (Lipinski definition) is 2. The highest BCUT2D eigenvalue weighted by Crippen LogP contribution is 2.24. The van der Waals surface area contributed by atoms with Crippen molar-refractivity contribution < 1.29 is 4.79 Å². The summed E-state index contributed by atoms with van der Waals surface area (Å²) in [4.78, 5) is 26.1. The maximum atomic E-state index is 13.2. The van der Waals surface area contributed by atoms with Crippen molar-refractivity contribution in [3.05, 3.63) is 62.1 Å². The van der Waals surface area contributed by atoms with Crippen molar-refractivity contribution in [2.75, 3.05) is 5.32 Å². The van der Waals surface area contributed by atoms with E-state index < -0.39 is 0 Å². The molecule has 26 heavy (non-hydrogen) atoms. The van der Waals surface area contributed by atoms with Gasteiger partial charge in [0.15, 0.2) is 5.43 Å². The summed E-state index contributed by atoms with van der Waals surface area (Å²) in [5, 5.41) is 3.06. The molecule has 1 N–H and O–H groups in total. The molecule has 0 spiro atoms. The lowest BCUT2D eigenvalue weighted by molar-refractivity contribution is 0.102. The van der Waals surface area contributed by atoms with Crippen molar-refractivity contribution in [1.82, 2.24) is 4.57 Å². The number of nitrogens with zero attached hydrogens (tertiary/aromatic N) is 1. The number of carbonyl (C=O) groups is 1. The molecule has 0 aliphatic carbocycles. The highest BCUT2D eigenvalue weighted by atomic mass is 16.2. The Hall–Kier alpha value is -2.36. The van der Waals surface area contributed by atoms with E-state index >= 15 is 0 Å². The molecule has 1 amide bonds. The van der Waals surface area contributed by atoms with Crippen molar-refractivity contribution in [3.8, 4) is 0 Å². The molecular formula is C22H30N2O2. The first-order valence-corrected chi connectivity index (χ1v) is 9.48. The Morgan fingerprint density at radius 3 is 2.15 bits per heavy atom. The lowest BCUT2D eigenvalue weighted by Gasteiger charge is -2.19. The Morgan fingerprint density at radius 2 is 1.65 bits per heavy atom. The van der Waals surface area contributed by atoms with Gasteiger partial charge in [0.2, 0.25) is 0 Å². The summed E-state index contributed by atoms with van der Waals surface area (Å²) in [7, 11) is 1.93. The third-order valence-electron chi connectivity index (χ3n) is 5.26. The van der Waals surface area contributed by atoms with Gasteiger partial charge in [0.1, 0.15) is 5.56 Å². The second-order valence-electron chi connectivity index (χ2n) is 6.78. The fourth-order valence-corrected chi connectivity index (χ4v) is 3.45. The van der Waals surface area contributed by atoms with Crippen LogP contribution in [0.2, 0.25) is 0 Å². The average molecular weight is 354 g/mol. The summed E-state index contributed by atoms with van der Waals surface area (Å²) in [6.45, 7) is 9.92. The molecule has 2 aromatic rings. The van der Waals surface area contributed by atoms with Crippen LogP contribution >= 0.6 is 0 Å². The number of hydrogen-bond donors (Lipinski definition) is 1. The molecule has 4 nitrogen and oxygen atoms in total. The summed E-state index contributed by atoms with van der Waals surface area (Å²) in [5.41, 5.74) is 5.52. The molecule has 1 aromatic carbocycles. The molecule has 0 unspecified atom stereocenters. The van der Waals surface area contributed by atoms with Crippen LogP contribution in [0.5, 0.6) is 0 Å². The van der Waals surface area contributed by atoms with E-state index in [-0.39, 0.29) is 16.9 Å². The minimum absolute atomic E-state index is 0.159.